The molecule has 2 aliphatic rings. The number of sulfone groups is 1. The molecule has 3 nitrogen and oxygen atoms in total. The third-order valence-corrected chi connectivity index (χ3v) is 7.68. The third kappa shape index (κ3) is 1.70. The number of rotatable bonds is 2. The van der Waals surface area contributed by atoms with Crippen LogP contribution in [0.3, 0.4) is 0 Å². The van der Waals surface area contributed by atoms with Crippen molar-refractivity contribution in [3.05, 3.63) is 0 Å². The van der Waals surface area contributed by atoms with Gasteiger partial charge in [-0.05, 0) is 31.1 Å². The Balaban J connectivity index is 2.25. The lowest BCUT2D eigenvalue weighted by molar-refractivity contribution is 0.0977. The maximum Gasteiger partial charge on any atom is 0.159 e. The van der Waals surface area contributed by atoms with Crippen LogP contribution in [0.1, 0.15) is 46.5 Å². The van der Waals surface area contributed by atoms with Crippen molar-refractivity contribution < 1.29 is 13.2 Å². The predicted molar refractivity (Wildman–Crippen MR) is 64.2 cm³/mol. The van der Waals surface area contributed by atoms with Crippen molar-refractivity contribution in [3.8, 4) is 0 Å². The maximum absolute atomic E-state index is 12.7. The number of hydrogen-bond acceptors (Lipinski definition) is 3. The normalized spacial score (nSPS) is 26.7. The van der Waals surface area contributed by atoms with Gasteiger partial charge < -0.3 is 4.74 Å². The van der Waals surface area contributed by atoms with Crippen molar-refractivity contribution in [2.45, 2.75) is 56.5 Å². The first kappa shape index (κ1) is 12.4. The van der Waals surface area contributed by atoms with E-state index in [0.717, 1.165) is 12.8 Å². The van der Waals surface area contributed by atoms with Gasteiger partial charge in [0.25, 0.3) is 0 Å². The van der Waals surface area contributed by atoms with Gasteiger partial charge in [-0.15, -0.1) is 0 Å². The van der Waals surface area contributed by atoms with Crippen LogP contribution < -0.4 is 0 Å². The Kier molecular flexibility index (Phi) is 2.86. The van der Waals surface area contributed by atoms with Crippen LogP contribution in [0, 0.1) is 5.41 Å². The van der Waals surface area contributed by atoms with Crippen molar-refractivity contribution in [2.75, 3.05) is 13.2 Å². The van der Waals surface area contributed by atoms with E-state index in [-0.39, 0.29) is 10.7 Å². The zero-order valence-corrected chi connectivity index (χ0v) is 11.3. The molecule has 0 aromatic carbocycles. The Hall–Kier alpha value is -0.0900. The van der Waals surface area contributed by atoms with Crippen LogP contribution in [0.25, 0.3) is 0 Å². The van der Waals surface area contributed by atoms with Gasteiger partial charge in [-0.3, -0.25) is 0 Å². The number of hydrogen-bond donors (Lipinski definition) is 0. The van der Waals surface area contributed by atoms with Gasteiger partial charge in [0, 0.05) is 13.2 Å². The minimum Gasteiger partial charge on any atom is -0.381 e. The second-order valence-corrected chi connectivity index (χ2v) is 8.64. The summed E-state index contributed by atoms with van der Waals surface area (Å²) in [6.07, 6.45) is 3.05. The average molecular weight is 246 g/mol. The Morgan fingerprint density at radius 3 is 2.00 bits per heavy atom. The van der Waals surface area contributed by atoms with Crippen LogP contribution in [0.2, 0.25) is 0 Å². The largest absolute Gasteiger partial charge is 0.381 e. The van der Waals surface area contributed by atoms with E-state index in [1.54, 1.807) is 0 Å². The van der Waals surface area contributed by atoms with Crippen LogP contribution in [0.15, 0.2) is 0 Å². The molecule has 0 spiro atoms. The minimum atomic E-state index is -2.99. The molecule has 1 saturated heterocycles. The van der Waals surface area contributed by atoms with E-state index in [1.807, 2.05) is 0 Å². The van der Waals surface area contributed by atoms with Crippen molar-refractivity contribution >= 4 is 9.84 Å². The molecular weight excluding hydrogens is 224 g/mol. The fourth-order valence-corrected chi connectivity index (χ4v) is 5.86. The first-order valence-corrected chi connectivity index (χ1v) is 7.67. The van der Waals surface area contributed by atoms with E-state index in [1.165, 1.54) is 0 Å². The van der Waals surface area contributed by atoms with Gasteiger partial charge in [0.15, 0.2) is 9.84 Å². The van der Waals surface area contributed by atoms with Crippen LogP contribution in [0.5, 0.6) is 0 Å². The molecule has 0 atom stereocenters. The Morgan fingerprint density at radius 2 is 1.62 bits per heavy atom. The highest BCUT2D eigenvalue weighted by Crippen LogP contribution is 2.57. The molecule has 1 heterocycles. The highest BCUT2D eigenvalue weighted by Gasteiger charge is 2.63. The topological polar surface area (TPSA) is 43.4 Å². The summed E-state index contributed by atoms with van der Waals surface area (Å²) in [7, 11) is -2.99. The van der Waals surface area contributed by atoms with Gasteiger partial charge in [-0.2, -0.15) is 0 Å². The fourth-order valence-electron chi connectivity index (χ4n) is 2.88. The molecule has 2 fully saturated rings. The molecule has 0 bridgehead atoms. The second kappa shape index (κ2) is 3.70. The van der Waals surface area contributed by atoms with E-state index < -0.39 is 14.6 Å². The maximum atomic E-state index is 12.7. The van der Waals surface area contributed by atoms with Gasteiger partial charge in [0.1, 0.15) is 0 Å². The summed E-state index contributed by atoms with van der Waals surface area (Å²) >= 11 is 0. The van der Waals surface area contributed by atoms with Crippen LogP contribution in [-0.2, 0) is 14.6 Å². The highest BCUT2D eigenvalue weighted by atomic mass is 32.2. The summed E-state index contributed by atoms with van der Waals surface area (Å²) in [5, 5.41) is -0.164. The smallest absolute Gasteiger partial charge is 0.159 e. The predicted octanol–water partition coefficient (Wildman–Crippen LogP) is 2.16. The summed E-state index contributed by atoms with van der Waals surface area (Å²) in [4.78, 5) is 0. The van der Waals surface area contributed by atoms with Crippen molar-refractivity contribution in [1.29, 1.82) is 0 Å². The monoisotopic (exact) mass is 246 g/mol. The molecule has 1 saturated carbocycles. The Bertz CT molecular complexity index is 354. The summed E-state index contributed by atoms with van der Waals surface area (Å²) < 4.78 is 30.1. The molecule has 0 amide bonds. The fraction of sp³-hybridized carbons (Fsp3) is 1.00. The van der Waals surface area contributed by atoms with Crippen LogP contribution in [0.4, 0.5) is 0 Å². The van der Waals surface area contributed by atoms with Gasteiger partial charge in [0.05, 0.1) is 10.00 Å². The molecule has 0 unspecified atom stereocenters. The van der Waals surface area contributed by atoms with Gasteiger partial charge in [-0.25, -0.2) is 8.42 Å². The van der Waals surface area contributed by atoms with E-state index in [0.29, 0.717) is 26.1 Å². The minimum absolute atomic E-state index is 0.135. The molecule has 2 rings (SSSR count). The molecular formula is C12H22O3S. The van der Waals surface area contributed by atoms with E-state index in [9.17, 15) is 8.42 Å². The van der Waals surface area contributed by atoms with Crippen LogP contribution >= 0.6 is 0 Å². The molecule has 0 N–H and O–H groups in total. The average Bonchev–Trinajstić information content (AvgIpc) is 2.98. The van der Waals surface area contributed by atoms with Crippen molar-refractivity contribution in [2.24, 2.45) is 5.41 Å². The molecule has 0 aromatic heterocycles. The molecule has 16 heavy (non-hydrogen) atoms. The Morgan fingerprint density at radius 1 is 1.12 bits per heavy atom. The SMILES string of the molecule is CC(C)(C)C1(S(=O)(=O)C2CCOCC2)CC1. The summed E-state index contributed by atoms with van der Waals surface area (Å²) in [6, 6.07) is 0. The van der Waals surface area contributed by atoms with Gasteiger partial charge in [-0.1, -0.05) is 20.8 Å². The third-order valence-electron chi connectivity index (χ3n) is 4.22. The lowest BCUT2D eigenvalue weighted by Gasteiger charge is -2.35. The standard InChI is InChI=1S/C12H22O3S/c1-11(2,3)12(6-7-12)16(13,14)10-4-8-15-9-5-10/h10H,4-9H2,1-3H3. The zero-order valence-electron chi connectivity index (χ0n) is 10.5. The van der Waals surface area contributed by atoms with E-state index in [4.69, 9.17) is 4.74 Å². The van der Waals surface area contributed by atoms with Crippen molar-refractivity contribution in [3.63, 3.8) is 0 Å². The van der Waals surface area contributed by atoms with E-state index in [2.05, 4.69) is 20.8 Å². The first-order valence-electron chi connectivity index (χ1n) is 6.12. The number of ether oxygens (including phenoxy) is 1. The molecule has 1 aliphatic carbocycles. The highest BCUT2D eigenvalue weighted by molar-refractivity contribution is 7.93. The quantitative estimate of drug-likeness (QED) is 0.750. The molecule has 1 aliphatic heterocycles. The van der Waals surface area contributed by atoms with Gasteiger partial charge in [0.2, 0.25) is 0 Å². The molecule has 0 aromatic rings. The summed E-state index contributed by atoms with van der Waals surface area (Å²) in [5.41, 5.74) is -0.135. The Labute approximate surface area is 98.5 Å². The van der Waals surface area contributed by atoms with E-state index >= 15 is 0 Å². The second-order valence-electron chi connectivity index (χ2n) is 6.10. The van der Waals surface area contributed by atoms with Crippen LogP contribution in [-0.4, -0.2) is 31.6 Å². The first-order chi connectivity index (χ1) is 7.31. The zero-order chi connectivity index (χ0) is 12.0. The molecule has 94 valence electrons. The molecule has 4 heteroatoms. The lowest BCUT2D eigenvalue weighted by Crippen LogP contribution is -2.44. The molecule has 0 radical (unpaired) electrons. The van der Waals surface area contributed by atoms with Crippen molar-refractivity contribution in [1.82, 2.24) is 0 Å². The summed E-state index contributed by atoms with van der Waals surface area (Å²) in [5.74, 6) is 0. The lowest BCUT2D eigenvalue weighted by atomic mass is 9.89. The van der Waals surface area contributed by atoms with Gasteiger partial charge >= 0.3 is 0 Å². The summed E-state index contributed by atoms with van der Waals surface area (Å²) in [6.45, 7) is 7.36.